The number of rotatable bonds is 2. The third-order valence-corrected chi connectivity index (χ3v) is 3.92. The van der Waals surface area contributed by atoms with E-state index in [1.165, 1.54) is 0 Å². The first kappa shape index (κ1) is 11.7. The van der Waals surface area contributed by atoms with E-state index >= 15 is 0 Å². The standard InChI is InChI=1S/C8H10N4O4S/c1-5-9-2-8(10-5)17(15,16)12-3-6(13)11-7(14)4-12/h2H,3-4H2,1H3,(H,9,10)(H,11,13,14). The smallest absolute Gasteiger partial charge is 0.261 e. The molecule has 0 spiro atoms. The topological polar surface area (TPSA) is 112 Å². The molecular weight excluding hydrogens is 248 g/mol. The van der Waals surface area contributed by atoms with E-state index in [-0.39, 0.29) is 18.1 Å². The van der Waals surface area contributed by atoms with Crippen LogP contribution in [-0.4, -0.2) is 47.6 Å². The number of hydrogen-bond acceptors (Lipinski definition) is 5. The van der Waals surface area contributed by atoms with Crippen molar-refractivity contribution < 1.29 is 18.0 Å². The van der Waals surface area contributed by atoms with Gasteiger partial charge >= 0.3 is 0 Å². The van der Waals surface area contributed by atoms with Gasteiger partial charge in [-0.15, -0.1) is 0 Å². The van der Waals surface area contributed by atoms with Crippen LogP contribution in [0.4, 0.5) is 0 Å². The predicted molar refractivity (Wildman–Crippen MR) is 55.2 cm³/mol. The molecule has 1 aliphatic rings. The van der Waals surface area contributed by atoms with Gasteiger partial charge in [-0.2, -0.15) is 4.31 Å². The van der Waals surface area contributed by atoms with Crippen molar-refractivity contribution in [3.63, 3.8) is 0 Å². The fourth-order valence-electron chi connectivity index (χ4n) is 1.45. The molecule has 92 valence electrons. The Labute approximate surface area is 97.1 Å². The summed E-state index contributed by atoms with van der Waals surface area (Å²) in [6.45, 7) is 0.866. The molecule has 2 N–H and O–H groups in total. The van der Waals surface area contributed by atoms with Gasteiger partial charge in [-0.05, 0) is 6.92 Å². The lowest BCUT2D eigenvalue weighted by Gasteiger charge is -2.23. The molecule has 8 nitrogen and oxygen atoms in total. The Morgan fingerprint density at radius 1 is 1.29 bits per heavy atom. The molecule has 1 aromatic rings. The highest BCUT2D eigenvalue weighted by atomic mass is 32.2. The molecule has 0 saturated carbocycles. The van der Waals surface area contributed by atoms with Gasteiger partial charge in [-0.25, -0.2) is 13.4 Å². The van der Waals surface area contributed by atoms with Gasteiger partial charge in [0.1, 0.15) is 5.82 Å². The SMILES string of the molecule is Cc1ncc(S(=O)(=O)N2CC(=O)NC(=O)C2)[nH]1. The van der Waals surface area contributed by atoms with Crippen LogP contribution in [0.3, 0.4) is 0 Å². The van der Waals surface area contributed by atoms with Crippen LogP contribution < -0.4 is 5.32 Å². The van der Waals surface area contributed by atoms with Gasteiger partial charge in [0.2, 0.25) is 11.8 Å². The zero-order chi connectivity index (χ0) is 12.6. The van der Waals surface area contributed by atoms with Gasteiger partial charge in [-0.1, -0.05) is 0 Å². The number of carbonyl (C=O) groups is 2. The molecule has 0 radical (unpaired) electrons. The number of piperazine rings is 1. The average Bonchev–Trinajstić information content (AvgIpc) is 2.64. The molecule has 1 saturated heterocycles. The molecule has 0 aromatic carbocycles. The summed E-state index contributed by atoms with van der Waals surface area (Å²) in [5, 5.41) is 1.90. The zero-order valence-electron chi connectivity index (χ0n) is 8.93. The number of imidazole rings is 1. The molecule has 17 heavy (non-hydrogen) atoms. The number of sulfonamides is 1. The number of imide groups is 1. The first-order chi connectivity index (χ1) is 7.89. The fourth-order valence-corrected chi connectivity index (χ4v) is 2.76. The van der Waals surface area contributed by atoms with Crippen molar-refractivity contribution in [3.05, 3.63) is 12.0 Å². The van der Waals surface area contributed by atoms with Gasteiger partial charge in [0.15, 0.2) is 5.03 Å². The highest BCUT2D eigenvalue weighted by Crippen LogP contribution is 2.14. The predicted octanol–water partition coefficient (Wildman–Crippen LogP) is -1.63. The maximum atomic E-state index is 12.0. The van der Waals surface area contributed by atoms with E-state index in [0.29, 0.717) is 5.82 Å². The van der Waals surface area contributed by atoms with E-state index in [0.717, 1.165) is 10.5 Å². The number of hydrogen-bond donors (Lipinski definition) is 2. The molecule has 1 aliphatic heterocycles. The van der Waals surface area contributed by atoms with E-state index in [1.807, 2.05) is 5.32 Å². The second-order valence-corrected chi connectivity index (χ2v) is 5.48. The van der Waals surface area contributed by atoms with E-state index in [2.05, 4.69) is 9.97 Å². The quantitative estimate of drug-likeness (QED) is 0.618. The minimum absolute atomic E-state index is 0.127. The lowest BCUT2D eigenvalue weighted by atomic mass is 10.4. The second-order valence-electron chi connectivity index (χ2n) is 3.58. The minimum Gasteiger partial charge on any atom is -0.332 e. The van der Waals surface area contributed by atoms with E-state index < -0.39 is 21.8 Å². The summed E-state index contributed by atoms with van der Waals surface area (Å²) in [5.74, 6) is -0.835. The molecule has 1 aromatic heterocycles. The molecule has 2 amide bonds. The van der Waals surface area contributed by atoms with Crippen LogP contribution in [0.5, 0.6) is 0 Å². The Kier molecular flexibility index (Phi) is 2.71. The Hall–Kier alpha value is -1.74. The van der Waals surface area contributed by atoms with Crippen molar-refractivity contribution in [2.75, 3.05) is 13.1 Å². The molecule has 0 atom stereocenters. The van der Waals surface area contributed by atoms with Gasteiger partial charge in [0.05, 0.1) is 19.3 Å². The second kappa shape index (κ2) is 3.93. The number of H-pyrrole nitrogens is 1. The first-order valence-electron chi connectivity index (χ1n) is 4.74. The van der Waals surface area contributed by atoms with Crippen LogP contribution in [-0.2, 0) is 19.6 Å². The molecule has 9 heteroatoms. The number of aromatic nitrogens is 2. The van der Waals surface area contributed by atoms with E-state index in [4.69, 9.17) is 0 Å². The van der Waals surface area contributed by atoms with Crippen molar-refractivity contribution in [1.29, 1.82) is 0 Å². The fraction of sp³-hybridized carbons (Fsp3) is 0.375. The van der Waals surface area contributed by atoms with Gasteiger partial charge in [0, 0.05) is 0 Å². The molecule has 2 rings (SSSR count). The molecular formula is C8H10N4O4S. The molecule has 0 bridgehead atoms. The summed E-state index contributed by atoms with van der Waals surface area (Å²) in [6, 6.07) is 0. The van der Waals surface area contributed by atoms with Gasteiger partial charge in [0.25, 0.3) is 10.0 Å². The van der Waals surface area contributed by atoms with Crippen molar-refractivity contribution >= 4 is 21.8 Å². The van der Waals surface area contributed by atoms with E-state index in [1.54, 1.807) is 6.92 Å². The minimum atomic E-state index is -3.87. The number of aromatic amines is 1. The van der Waals surface area contributed by atoms with Crippen LogP contribution in [0.15, 0.2) is 11.2 Å². The number of aryl methyl sites for hydroxylation is 1. The lowest BCUT2D eigenvalue weighted by molar-refractivity contribution is -0.134. The summed E-state index contributed by atoms with van der Waals surface area (Å²) in [7, 11) is -3.87. The molecule has 0 unspecified atom stereocenters. The summed E-state index contributed by atoms with van der Waals surface area (Å²) >= 11 is 0. The van der Waals surface area contributed by atoms with Crippen LogP contribution in [0, 0.1) is 6.92 Å². The third kappa shape index (κ3) is 2.19. The monoisotopic (exact) mass is 258 g/mol. The lowest BCUT2D eigenvalue weighted by Crippen LogP contribution is -2.53. The average molecular weight is 258 g/mol. The summed E-state index contributed by atoms with van der Waals surface area (Å²) in [5.41, 5.74) is 0. The van der Waals surface area contributed by atoms with Crippen LogP contribution in [0.2, 0.25) is 0 Å². The number of amides is 2. The van der Waals surface area contributed by atoms with Crippen LogP contribution in [0.25, 0.3) is 0 Å². The molecule has 2 heterocycles. The summed E-state index contributed by atoms with van der Waals surface area (Å²) in [6.07, 6.45) is 1.15. The Balaban J connectivity index is 2.33. The zero-order valence-corrected chi connectivity index (χ0v) is 9.74. The number of carbonyl (C=O) groups excluding carboxylic acids is 2. The van der Waals surface area contributed by atoms with Gasteiger partial charge in [-0.3, -0.25) is 14.9 Å². The Morgan fingerprint density at radius 3 is 2.35 bits per heavy atom. The van der Waals surface area contributed by atoms with Gasteiger partial charge < -0.3 is 4.98 Å². The highest BCUT2D eigenvalue weighted by molar-refractivity contribution is 7.89. The molecule has 0 aliphatic carbocycles. The first-order valence-corrected chi connectivity index (χ1v) is 6.18. The Morgan fingerprint density at radius 2 is 1.88 bits per heavy atom. The summed E-state index contributed by atoms with van der Waals surface area (Å²) in [4.78, 5) is 28.5. The van der Waals surface area contributed by atoms with Crippen molar-refractivity contribution in [2.24, 2.45) is 0 Å². The molecule has 1 fully saturated rings. The highest BCUT2D eigenvalue weighted by Gasteiger charge is 2.33. The normalized spacial score (nSPS) is 18.2. The third-order valence-electron chi connectivity index (χ3n) is 2.22. The summed E-state index contributed by atoms with van der Waals surface area (Å²) < 4.78 is 24.8. The maximum Gasteiger partial charge on any atom is 0.261 e. The van der Waals surface area contributed by atoms with Crippen molar-refractivity contribution in [1.82, 2.24) is 19.6 Å². The number of nitrogens with zero attached hydrogens (tertiary/aromatic N) is 2. The van der Waals surface area contributed by atoms with Crippen LogP contribution >= 0.6 is 0 Å². The van der Waals surface area contributed by atoms with Crippen molar-refractivity contribution in [2.45, 2.75) is 11.9 Å². The van der Waals surface area contributed by atoms with E-state index in [9.17, 15) is 18.0 Å². The largest absolute Gasteiger partial charge is 0.332 e. The van der Waals surface area contributed by atoms with Crippen molar-refractivity contribution in [3.8, 4) is 0 Å². The van der Waals surface area contributed by atoms with Crippen LogP contribution in [0.1, 0.15) is 5.82 Å². The Bertz CT molecular complexity index is 560. The maximum absolute atomic E-state index is 12.0. The number of nitrogens with one attached hydrogen (secondary N) is 2.